The van der Waals surface area contributed by atoms with Gasteiger partial charge in [0.25, 0.3) is 0 Å². The van der Waals surface area contributed by atoms with E-state index in [9.17, 15) is 9.90 Å². The largest absolute Gasteiger partial charge is 0.493 e. The molecule has 0 amide bonds. The number of nitrogens with zero attached hydrogens (tertiary/aromatic N) is 1. The fraction of sp³-hybridized carbons (Fsp3) is 0.650. The fourth-order valence-corrected chi connectivity index (χ4v) is 3.82. The standard InChI is InChI=1S/C20H31NO5/c1-13(2)15-12-16(20(22)23)21(3)19(15)14-7-8-17(25-5)18(11-14)26-10-6-9-24-4/h7-8,11,13,15-16,19H,6,9-10,12H2,1-5H3,(H,22,23)/t15-,16-,19-/m0/s1. The molecule has 1 aromatic carbocycles. The molecule has 0 aliphatic carbocycles. The third-order valence-corrected chi connectivity index (χ3v) is 5.25. The van der Waals surface area contributed by atoms with Crippen LogP contribution in [0.3, 0.4) is 0 Å². The van der Waals surface area contributed by atoms with E-state index in [-0.39, 0.29) is 12.0 Å². The van der Waals surface area contributed by atoms with Crippen LogP contribution in [0.15, 0.2) is 18.2 Å². The maximum atomic E-state index is 11.6. The molecule has 3 atom stereocenters. The van der Waals surface area contributed by atoms with E-state index in [0.717, 1.165) is 12.0 Å². The number of rotatable bonds is 9. The van der Waals surface area contributed by atoms with E-state index in [4.69, 9.17) is 14.2 Å². The summed E-state index contributed by atoms with van der Waals surface area (Å²) in [6.07, 6.45) is 1.45. The number of hydrogen-bond donors (Lipinski definition) is 1. The van der Waals surface area contributed by atoms with E-state index in [1.54, 1.807) is 14.2 Å². The van der Waals surface area contributed by atoms with Gasteiger partial charge in [0.15, 0.2) is 11.5 Å². The first-order chi connectivity index (χ1) is 12.4. The molecule has 0 bridgehead atoms. The lowest BCUT2D eigenvalue weighted by Gasteiger charge is -2.29. The molecule has 1 aliphatic rings. The van der Waals surface area contributed by atoms with Gasteiger partial charge in [0.1, 0.15) is 6.04 Å². The Morgan fingerprint density at radius 2 is 2.00 bits per heavy atom. The number of ether oxygens (including phenoxy) is 3. The predicted molar refractivity (Wildman–Crippen MR) is 99.9 cm³/mol. The zero-order chi connectivity index (χ0) is 19.3. The second-order valence-corrected chi connectivity index (χ2v) is 7.21. The fourth-order valence-electron chi connectivity index (χ4n) is 3.82. The van der Waals surface area contributed by atoms with Gasteiger partial charge < -0.3 is 19.3 Å². The third kappa shape index (κ3) is 4.48. The maximum absolute atomic E-state index is 11.6. The van der Waals surface area contributed by atoms with Gasteiger partial charge in [-0.2, -0.15) is 0 Å². The normalized spacial score (nSPS) is 23.4. The molecule has 0 spiro atoms. The van der Waals surface area contributed by atoms with E-state index < -0.39 is 12.0 Å². The molecule has 26 heavy (non-hydrogen) atoms. The molecule has 6 heteroatoms. The van der Waals surface area contributed by atoms with Crippen LogP contribution in [0.5, 0.6) is 11.5 Å². The van der Waals surface area contributed by atoms with E-state index in [0.29, 0.717) is 37.1 Å². The van der Waals surface area contributed by atoms with Gasteiger partial charge in [-0.3, -0.25) is 9.69 Å². The highest BCUT2D eigenvalue weighted by Crippen LogP contribution is 2.45. The molecule has 1 fully saturated rings. The lowest BCUT2D eigenvalue weighted by atomic mass is 9.84. The molecular weight excluding hydrogens is 334 g/mol. The Morgan fingerprint density at radius 1 is 1.27 bits per heavy atom. The first-order valence-electron chi connectivity index (χ1n) is 9.15. The molecule has 146 valence electrons. The summed E-state index contributed by atoms with van der Waals surface area (Å²) in [5.74, 6) is 1.28. The SMILES string of the molecule is COCCCOc1cc([C@H]2[C@H](C(C)C)C[C@@H](C(=O)O)N2C)ccc1OC. The van der Waals surface area contributed by atoms with Crippen LogP contribution in [0, 0.1) is 11.8 Å². The Hall–Kier alpha value is -1.79. The zero-order valence-corrected chi connectivity index (χ0v) is 16.4. The summed E-state index contributed by atoms with van der Waals surface area (Å²) >= 11 is 0. The first kappa shape index (κ1) is 20.5. The summed E-state index contributed by atoms with van der Waals surface area (Å²) in [4.78, 5) is 13.6. The predicted octanol–water partition coefficient (Wildman–Crippen LogP) is 3.21. The van der Waals surface area contributed by atoms with E-state index in [1.165, 1.54) is 0 Å². The van der Waals surface area contributed by atoms with Gasteiger partial charge in [-0.15, -0.1) is 0 Å². The Balaban J connectivity index is 2.28. The van der Waals surface area contributed by atoms with Crippen molar-refractivity contribution in [2.45, 2.75) is 38.8 Å². The molecule has 1 aliphatic heterocycles. The van der Waals surface area contributed by atoms with Gasteiger partial charge in [-0.25, -0.2) is 0 Å². The lowest BCUT2D eigenvalue weighted by molar-refractivity contribution is -0.142. The zero-order valence-electron chi connectivity index (χ0n) is 16.4. The molecule has 0 unspecified atom stereocenters. The molecular formula is C20H31NO5. The van der Waals surface area contributed by atoms with Crippen LogP contribution in [-0.4, -0.2) is 56.5 Å². The van der Waals surface area contributed by atoms with Crippen molar-refractivity contribution in [3.05, 3.63) is 23.8 Å². The van der Waals surface area contributed by atoms with Gasteiger partial charge in [-0.1, -0.05) is 19.9 Å². The molecule has 1 saturated heterocycles. The van der Waals surface area contributed by atoms with Crippen molar-refractivity contribution < 1.29 is 24.1 Å². The lowest BCUT2D eigenvalue weighted by Crippen LogP contribution is -2.34. The monoisotopic (exact) mass is 365 g/mol. The number of aliphatic carboxylic acids is 1. The van der Waals surface area contributed by atoms with Crippen molar-refractivity contribution in [1.82, 2.24) is 4.90 Å². The summed E-state index contributed by atoms with van der Waals surface area (Å²) in [6.45, 7) is 5.49. The number of carboxylic acid groups (broad SMARTS) is 1. The number of carboxylic acids is 1. The van der Waals surface area contributed by atoms with E-state index >= 15 is 0 Å². The molecule has 1 aromatic rings. The van der Waals surface area contributed by atoms with Crippen LogP contribution in [0.25, 0.3) is 0 Å². The Bertz CT molecular complexity index is 604. The number of likely N-dealkylation sites (tertiary alicyclic amines) is 1. The molecule has 0 aromatic heterocycles. The number of hydrogen-bond acceptors (Lipinski definition) is 5. The van der Waals surface area contributed by atoms with Crippen molar-refractivity contribution in [2.75, 3.05) is 34.5 Å². The van der Waals surface area contributed by atoms with Gasteiger partial charge in [-0.05, 0) is 43.0 Å². The summed E-state index contributed by atoms with van der Waals surface area (Å²) < 4.78 is 16.4. The minimum absolute atomic E-state index is 0.0448. The van der Waals surface area contributed by atoms with E-state index in [2.05, 4.69) is 13.8 Å². The smallest absolute Gasteiger partial charge is 0.320 e. The van der Waals surface area contributed by atoms with Gasteiger partial charge >= 0.3 is 5.97 Å². The number of likely N-dealkylation sites (N-methyl/N-ethyl adjacent to an activating group) is 1. The highest BCUT2D eigenvalue weighted by Gasteiger charge is 2.44. The van der Waals surface area contributed by atoms with Crippen molar-refractivity contribution in [1.29, 1.82) is 0 Å². The minimum Gasteiger partial charge on any atom is -0.493 e. The van der Waals surface area contributed by atoms with Crippen LogP contribution >= 0.6 is 0 Å². The summed E-state index contributed by atoms with van der Waals surface area (Å²) in [5, 5.41) is 9.55. The van der Waals surface area contributed by atoms with Crippen molar-refractivity contribution in [3.8, 4) is 11.5 Å². The molecule has 6 nitrogen and oxygen atoms in total. The molecule has 1 heterocycles. The second kappa shape index (κ2) is 9.24. The number of carbonyl (C=O) groups is 1. The van der Waals surface area contributed by atoms with Crippen LogP contribution in [0.4, 0.5) is 0 Å². The Labute approximate surface area is 156 Å². The number of methoxy groups -OCH3 is 2. The Morgan fingerprint density at radius 3 is 2.58 bits per heavy atom. The number of benzene rings is 1. The topological polar surface area (TPSA) is 68.2 Å². The summed E-state index contributed by atoms with van der Waals surface area (Å²) in [6, 6.07) is 5.50. The van der Waals surface area contributed by atoms with Gasteiger partial charge in [0.05, 0.1) is 13.7 Å². The quantitative estimate of drug-likeness (QED) is 0.678. The molecule has 0 radical (unpaired) electrons. The van der Waals surface area contributed by atoms with Crippen LogP contribution in [-0.2, 0) is 9.53 Å². The van der Waals surface area contributed by atoms with Crippen LogP contribution in [0.2, 0.25) is 0 Å². The van der Waals surface area contributed by atoms with Crippen molar-refractivity contribution >= 4 is 5.97 Å². The van der Waals surface area contributed by atoms with Crippen LogP contribution < -0.4 is 9.47 Å². The minimum atomic E-state index is -0.759. The summed E-state index contributed by atoms with van der Waals surface area (Å²) in [7, 11) is 5.19. The first-order valence-corrected chi connectivity index (χ1v) is 9.15. The van der Waals surface area contributed by atoms with Gasteiger partial charge in [0.2, 0.25) is 0 Å². The second-order valence-electron chi connectivity index (χ2n) is 7.21. The maximum Gasteiger partial charge on any atom is 0.320 e. The van der Waals surface area contributed by atoms with Gasteiger partial charge in [0, 0.05) is 26.2 Å². The van der Waals surface area contributed by atoms with E-state index in [1.807, 2.05) is 30.1 Å². The molecule has 1 N–H and O–H groups in total. The average Bonchev–Trinajstić information content (AvgIpc) is 2.96. The van der Waals surface area contributed by atoms with Crippen LogP contribution in [0.1, 0.15) is 38.3 Å². The average molecular weight is 365 g/mol. The van der Waals surface area contributed by atoms with Crippen molar-refractivity contribution in [2.24, 2.45) is 11.8 Å². The van der Waals surface area contributed by atoms with Crippen molar-refractivity contribution in [3.63, 3.8) is 0 Å². The highest BCUT2D eigenvalue weighted by molar-refractivity contribution is 5.74. The highest BCUT2D eigenvalue weighted by atomic mass is 16.5. The molecule has 0 saturated carbocycles. The Kier molecular flexibility index (Phi) is 7.29. The third-order valence-electron chi connectivity index (χ3n) is 5.25. The summed E-state index contributed by atoms with van der Waals surface area (Å²) in [5.41, 5.74) is 1.07. The molecule has 2 rings (SSSR count).